The number of ketones is 1. The summed E-state index contributed by atoms with van der Waals surface area (Å²) in [5, 5.41) is 3.21. The summed E-state index contributed by atoms with van der Waals surface area (Å²) in [5.41, 5.74) is 1.64. The number of carbonyl (C=O) groups is 1. The molecule has 0 saturated carbocycles. The van der Waals surface area contributed by atoms with Crippen molar-refractivity contribution in [2.24, 2.45) is 0 Å². The third-order valence-corrected chi connectivity index (χ3v) is 3.16. The molecular formula is C17H19NO3. The summed E-state index contributed by atoms with van der Waals surface area (Å²) in [6, 6.07) is 14.9. The average Bonchev–Trinajstić information content (AvgIpc) is 2.55. The summed E-state index contributed by atoms with van der Waals surface area (Å²) in [4.78, 5) is 12.0. The van der Waals surface area contributed by atoms with E-state index in [1.165, 1.54) is 0 Å². The van der Waals surface area contributed by atoms with Crippen LogP contribution in [0.2, 0.25) is 0 Å². The van der Waals surface area contributed by atoms with Gasteiger partial charge in [0.05, 0.1) is 14.2 Å². The SMILES string of the molecule is COc1ccc(NCCC(=O)c2ccccc2)cc1OC. The normalized spacial score (nSPS) is 10.0. The van der Waals surface area contributed by atoms with Crippen molar-refractivity contribution in [3.8, 4) is 11.5 Å². The highest BCUT2D eigenvalue weighted by Crippen LogP contribution is 2.29. The highest BCUT2D eigenvalue weighted by atomic mass is 16.5. The molecule has 2 aromatic rings. The Morgan fingerprint density at radius 3 is 2.38 bits per heavy atom. The molecule has 0 bridgehead atoms. The number of benzene rings is 2. The molecule has 2 aromatic carbocycles. The van der Waals surface area contributed by atoms with E-state index in [2.05, 4.69) is 5.32 Å². The number of rotatable bonds is 7. The molecule has 0 heterocycles. The summed E-state index contributed by atoms with van der Waals surface area (Å²) in [6.07, 6.45) is 0.443. The van der Waals surface area contributed by atoms with Crippen LogP contribution in [0, 0.1) is 0 Å². The first-order valence-corrected chi connectivity index (χ1v) is 6.78. The number of anilines is 1. The van der Waals surface area contributed by atoms with Crippen LogP contribution >= 0.6 is 0 Å². The number of carbonyl (C=O) groups excluding carboxylic acids is 1. The molecule has 0 aliphatic rings. The lowest BCUT2D eigenvalue weighted by Gasteiger charge is -2.11. The highest BCUT2D eigenvalue weighted by molar-refractivity contribution is 5.96. The van der Waals surface area contributed by atoms with E-state index in [0.29, 0.717) is 24.5 Å². The Labute approximate surface area is 124 Å². The predicted molar refractivity (Wildman–Crippen MR) is 83.4 cm³/mol. The second-order valence-electron chi connectivity index (χ2n) is 4.54. The maximum atomic E-state index is 12.0. The van der Waals surface area contributed by atoms with E-state index >= 15 is 0 Å². The zero-order chi connectivity index (χ0) is 15.1. The van der Waals surface area contributed by atoms with Gasteiger partial charge in [0.1, 0.15) is 0 Å². The van der Waals surface area contributed by atoms with E-state index in [1.54, 1.807) is 14.2 Å². The number of nitrogens with one attached hydrogen (secondary N) is 1. The van der Waals surface area contributed by atoms with E-state index in [1.807, 2.05) is 48.5 Å². The molecule has 0 aromatic heterocycles. The Bertz CT molecular complexity index is 596. The quantitative estimate of drug-likeness (QED) is 0.792. The molecule has 0 spiro atoms. The van der Waals surface area contributed by atoms with Crippen molar-refractivity contribution in [3.05, 3.63) is 54.1 Å². The molecule has 0 aliphatic carbocycles. The van der Waals surface area contributed by atoms with Gasteiger partial charge in [-0.05, 0) is 12.1 Å². The lowest BCUT2D eigenvalue weighted by molar-refractivity contribution is 0.0986. The molecule has 4 heteroatoms. The summed E-state index contributed by atoms with van der Waals surface area (Å²) < 4.78 is 10.4. The fourth-order valence-corrected chi connectivity index (χ4v) is 2.03. The lowest BCUT2D eigenvalue weighted by atomic mass is 10.1. The molecule has 21 heavy (non-hydrogen) atoms. The van der Waals surface area contributed by atoms with Crippen molar-refractivity contribution < 1.29 is 14.3 Å². The minimum Gasteiger partial charge on any atom is -0.493 e. The van der Waals surface area contributed by atoms with Gasteiger partial charge < -0.3 is 14.8 Å². The van der Waals surface area contributed by atoms with Crippen molar-refractivity contribution in [2.45, 2.75) is 6.42 Å². The van der Waals surface area contributed by atoms with Crippen molar-refractivity contribution in [2.75, 3.05) is 26.1 Å². The maximum absolute atomic E-state index is 12.0. The minimum atomic E-state index is 0.128. The van der Waals surface area contributed by atoms with Crippen LogP contribution in [0.1, 0.15) is 16.8 Å². The summed E-state index contributed by atoms with van der Waals surface area (Å²) >= 11 is 0. The van der Waals surface area contributed by atoms with Crippen LogP contribution in [-0.2, 0) is 0 Å². The Balaban J connectivity index is 1.90. The standard InChI is InChI=1S/C17H19NO3/c1-20-16-9-8-14(12-17(16)21-2)18-11-10-15(19)13-6-4-3-5-7-13/h3-9,12,18H,10-11H2,1-2H3. The van der Waals surface area contributed by atoms with E-state index in [0.717, 1.165) is 11.3 Å². The first-order valence-electron chi connectivity index (χ1n) is 6.78. The van der Waals surface area contributed by atoms with Crippen LogP contribution < -0.4 is 14.8 Å². The topological polar surface area (TPSA) is 47.6 Å². The molecule has 2 rings (SSSR count). The Hall–Kier alpha value is -2.49. The molecule has 0 radical (unpaired) electrons. The van der Waals surface area contributed by atoms with Crippen LogP contribution in [0.15, 0.2) is 48.5 Å². The number of ether oxygens (including phenoxy) is 2. The summed E-state index contributed by atoms with van der Waals surface area (Å²) in [5.74, 6) is 1.48. The van der Waals surface area contributed by atoms with Gasteiger partial charge in [0.15, 0.2) is 17.3 Å². The van der Waals surface area contributed by atoms with Crippen molar-refractivity contribution in [1.82, 2.24) is 0 Å². The fourth-order valence-electron chi connectivity index (χ4n) is 2.03. The minimum absolute atomic E-state index is 0.128. The largest absolute Gasteiger partial charge is 0.493 e. The molecule has 110 valence electrons. The van der Waals surface area contributed by atoms with Crippen molar-refractivity contribution in [1.29, 1.82) is 0 Å². The Morgan fingerprint density at radius 2 is 1.71 bits per heavy atom. The number of methoxy groups -OCH3 is 2. The lowest BCUT2D eigenvalue weighted by Crippen LogP contribution is -2.09. The smallest absolute Gasteiger partial charge is 0.164 e. The molecule has 4 nitrogen and oxygen atoms in total. The maximum Gasteiger partial charge on any atom is 0.164 e. The third-order valence-electron chi connectivity index (χ3n) is 3.16. The van der Waals surface area contributed by atoms with E-state index < -0.39 is 0 Å². The van der Waals surface area contributed by atoms with E-state index in [-0.39, 0.29) is 5.78 Å². The van der Waals surface area contributed by atoms with Gasteiger partial charge in [0.2, 0.25) is 0 Å². The molecule has 0 unspecified atom stereocenters. The van der Waals surface area contributed by atoms with Gasteiger partial charge in [-0.15, -0.1) is 0 Å². The Kier molecular flexibility index (Phi) is 5.21. The zero-order valence-corrected chi connectivity index (χ0v) is 12.3. The van der Waals surface area contributed by atoms with Gasteiger partial charge in [0, 0.05) is 30.3 Å². The Morgan fingerprint density at radius 1 is 1.00 bits per heavy atom. The van der Waals surface area contributed by atoms with Gasteiger partial charge in [-0.1, -0.05) is 30.3 Å². The number of Topliss-reactive ketones (excluding diaryl/α,β-unsaturated/α-hetero) is 1. The second-order valence-corrected chi connectivity index (χ2v) is 4.54. The molecule has 0 amide bonds. The van der Waals surface area contributed by atoms with E-state index in [4.69, 9.17) is 9.47 Å². The van der Waals surface area contributed by atoms with Crippen LogP contribution in [0.25, 0.3) is 0 Å². The zero-order valence-electron chi connectivity index (χ0n) is 12.3. The van der Waals surface area contributed by atoms with Gasteiger partial charge in [-0.2, -0.15) is 0 Å². The monoisotopic (exact) mass is 285 g/mol. The van der Waals surface area contributed by atoms with E-state index in [9.17, 15) is 4.79 Å². The van der Waals surface area contributed by atoms with Crippen LogP contribution in [-0.4, -0.2) is 26.5 Å². The van der Waals surface area contributed by atoms with Gasteiger partial charge >= 0.3 is 0 Å². The van der Waals surface area contributed by atoms with Crippen molar-refractivity contribution in [3.63, 3.8) is 0 Å². The van der Waals surface area contributed by atoms with Crippen LogP contribution in [0.3, 0.4) is 0 Å². The van der Waals surface area contributed by atoms with Crippen molar-refractivity contribution >= 4 is 11.5 Å². The molecule has 0 aliphatic heterocycles. The van der Waals surface area contributed by atoms with Crippen LogP contribution in [0.4, 0.5) is 5.69 Å². The first-order chi connectivity index (χ1) is 10.2. The molecule has 1 N–H and O–H groups in total. The average molecular weight is 285 g/mol. The van der Waals surface area contributed by atoms with Gasteiger partial charge in [-0.25, -0.2) is 0 Å². The molecule has 0 atom stereocenters. The summed E-state index contributed by atoms with van der Waals surface area (Å²) in [6.45, 7) is 0.573. The molecule has 0 saturated heterocycles. The predicted octanol–water partition coefficient (Wildman–Crippen LogP) is 3.39. The molecule has 0 fully saturated rings. The van der Waals surface area contributed by atoms with Gasteiger partial charge in [-0.3, -0.25) is 4.79 Å². The second kappa shape index (κ2) is 7.33. The fraction of sp³-hybridized carbons (Fsp3) is 0.235. The van der Waals surface area contributed by atoms with Crippen LogP contribution in [0.5, 0.6) is 11.5 Å². The number of hydrogen-bond acceptors (Lipinski definition) is 4. The third kappa shape index (κ3) is 3.99. The van der Waals surface area contributed by atoms with Gasteiger partial charge in [0.25, 0.3) is 0 Å². The number of hydrogen-bond donors (Lipinski definition) is 1. The first kappa shape index (κ1) is 14.9. The molecular weight excluding hydrogens is 266 g/mol. The summed E-state index contributed by atoms with van der Waals surface area (Å²) in [7, 11) is 3.20. The highest BCUT2D eigenvalue weighted by Gasteiger charge is 2.06.